The molecule has 0 saturated heterocycles. The Kier molecular flexibility index (Phi) is 11.7. The van der Waals surface area contributed by atoms with Gasteiger partial charge >= 0.3 is 6.09 Å². The van der Waals surface area contributed by atoms with Gasteiger partial charge in [-0.1, -0.05) is 62.1 Å². The van der Waals surface area contributed by atoms with Crippen molar-refractivity contribution in [1.29, 1.82) is 0 Å². The van der Waals surface area contributed by atoms with Gasteiger partial charge in [-0.05, 0) is 117 Å². The highest BCUT2D eigenvalue weighted by Gasteiger charge is 2.37. The van der Waals surface area contributed by atoms with E-state index in [9.17, 15) is 14.4 Å². The quantitative estimate of drug-likeness (QED) is 0.0953. The first kappa shape index (κ1) is 41.6. The highest BCUT2D eigenvalue weighted by Crippen LogP contribution is 2.40. The summed E-state index contributed by atoms with van der Waals surface area (Å²) in [6.45, 7) is 18.8. The molecule has 3 aromatic carbocycles. The molecule has 1 aliphatic heterocycles. The van der Waals surface area contributed by atoms with E-state index in [0.29, 0.717) is 37.6 Å². The van der Waals surface area contributed by atoms with Gasteiger partial charge in [0, 0.05) is 63.9 Å². The number of amides is 3. The van der Waals surface area contributed by atoms with E-state index in [0.717, 1.165) is 75.0 Å². The van der Waals surface area contributed by atoms with Crippen LogP contribution >= 0.6 is 0 Å². The lowest BCUT2D eigenvalue weighted by Crippen LogP contribution is -2.47. The van der Waals surface area contributed by atoms with Crippen molar-refractivity contribution in [2.45, 2.75) is 111 Å². The Bertz CT molecular complexity index is 2370. The normalized spacial score (nSPS) is 15.5. The lowest BCUT2D eigenvalue weighted by atomic mass is 9.89. The second-order valence-electron chi connectivity index (χ2n) is 18.1. The Morgan fingerprint density at radius 3 is 2.25 bits per heavy atom. The summed E-state index contributed by atoms with van der Waals surface area (Å²) < 4.78 is 15.0. The SMILES string of the molecule is Cc1nn(COCC[Si](C)(C)C)c(C)c1-c1ccc(NC(=O)[C@@H](NC(=O)c2ccnn2C)[C@@H]2CCc3ccc(-c4ccc5c(c4)CN(C(=O)OC(C)(C)C)C5)cc32)cc1. The molecule has 12 nitrogen and oxygen atoms in total. The van der Waals surface area contributed by atoms with Gasteiger partial charge in [-0.2, -0.15) is 10.2 Å². The first-order chi connectivity index (χ1) is 27.9. The van der Waals surface area contributed by atoms with Crippen molar-refractivity contribution in [3.05, 3.63) is 112 Å². The minimum atomic E-state index is -1.19. The van der Waals surface area contributed by atoms with Crippen molar-refractivity contribution < 1.29 is 23.9 Å². The average Bonchev–Trinajstić information content (AvgIpc) is 3.96. The number of aromatic nitrogens is 4. The van der Waals surface area contributed by atoms with Gasteiger partial charge in [-0.3, -0.25) is 19.2 Å². The molecule has 3 heterocycles. The summed E-state index contributed by atoms with van der Waals surface area (Å²) in [5, 5.41) is 15.2. The molecule has 1 aliphatic carbocycles. The molecule has 0 spiro atoms. The van der Waals surface area contributed by atoms with Gasteiger partial charge in [0.15, 0.2) is 0 Å². The van der Waals surface area contributed by atoms with Crippen LogP contribution in [0.4, 0.5) is 10.5 Å². The molecule has 2 atom stereocenters. The van der Waals surface area contributed by atoms with E-state index < -0.39 is 19.7 Å². The van der Waals surface area contributed by atoms with Crippen LogP contribution in [0.2, 0.25) is 25.7 Å². The molecule has 0 fully saturated rings. The van der Waals surface area contributed by atoms with E-state index in [1.54, 1.807) is 24.2 Å². The van der Waals surface area contributed by atoms with E-state index in [4.69, 9.17) is 14.6 Å². The predicted octanol–water partition coefficient (Wildman–Crippen LogP) is 8.60. The van der Waals surface area contributed by atoms with Crippen molar-refractivity contribution in [1.82, 2.24) is 29.8 Å². The summed E-state index contributed by atoms with van der Waals surface area (Å²) in [5.41, 5.74) is 10.8. The number of rotatable bonds is 12. The molecule has 2 N–H and O–H groups in total. The van der Waals surface area contributed by atoms with Crippen molar-refractivity contribution in [2.24, 2.45) is 7.05 Å². The number of hydrogen-bond acceptors (Lipinski definition) is 7. The van der Waals surface area contributed by atoms with Crippen molar-refractivity contribution in [3.8, 4) is 22.3 Å². The fourth-order valence-corrected chi connectivity index (χ4v) is 8.82. The summed E-state index contributed by atoms with van der Waals surface area (Å²) in [4.78, 5) is 42.7. The molecule has 0 radical (unpaired) electrons. The Morgan fingerprint density at radius 2 is 1.58 bits per heavy atom. The minimum Gasteiger partial charge on any atom is -0.444 e. The summed E-state index contributed by atoms with van der Waals surface area (Å²) in [6, 6.07) is 22.4. The smallest absolute Gasteiger partial charge is 0.410 e. The van der Waals surface area contributed by atoms with Crippen LogP contribution in [0.1, 0.15) is 77.2 Å². The molecule has 7 rings (SSSR count). The monoisotopic (exact) mass is 815 g/mol. The van der Waals surface area contributed by atoms with Crippen LogP contribution in [0.25, 0.3) is 22.3 Å². The minimum absolute atomic E-state index is 0.275. The van der Waals surface area contributed by atoms with Crippen molar-refractivity contribution >= 4 is 31.7 Å². The Labute approximate surface area is 348 Å². The largest absolute Gasteiger partial charge is 0.444 e. The highest BCUT2D eigenvalue weighted by atomic mass is 28.3. The van der Waals surface area contributed by atoms with Gasteiger partial charge in [0.1, 0.15) is 24.1 Å². The van der Waals surface area contributed by atoms with Crippen LogP contribution in [0.5, 0.6) is 0 Å². The fourth-order valence-electron chi connectivity index (χ4n) is 8.06. The number of benzene rings is 3. The Hall–Kier alpha value is -5.53. The highest BCUT2D eigenvalue weighted by molar-refractivity contribution is 6.76. The molecule has 3 amide bonds. The van der Waals surface area contributed by atoms with E-state index in [1.807, 2.05) is 56.6 Å². The van der Waals surface area contributed by atoms with E-state index in [-0.39, 0.29) is 23.8 Å². The second-order valence-corrected chi connectivity index (χ2v) is 23.8. The molecule has 2 aromatic heterocycles. The number of nitrogens with one attached hydrogen (secondary N) is 2. The summed E-state index contributed by atoms with van der Waals surface area (Å²) in [7, 11) is 0.522. The molecule has 59 heavy (non-hydrogen) atoms. The maximum Gasteiger partial charge on any atom is 0.410 e. The number of fused-ring (bicyclic) bond motifs is 2. The Morgan fingerprint density at radius 1 is 0.898 bits per heavy atom. The molecule has 0 bridgehead atoms. The van der Waals surface area contributed by atoms with Crippen LogP contribution in [0.15, 0.2) is 72.9 Å². The number of anilines is 1. The number of hydrogen-bond donors (Lipinski definition) is 2. The molecule has 0 saturated carbocycles. The van der Waals surface area contributed by atoms with Crippen LogP contribution in [-0.2, 0) is 47.6 Å². The lowest BCUT2D eigenvalue weighted by Gasteiger charge is -2.25. The van der Waals surface area contributed by atoms with Crippen LogP contribution < -0.4 is 10.6 Å². The first-order valence-corrected chi connectivity index (χ1v) is 24.2. The van der Waals surface area contributed by atoms with Gasteiger partial charge in [0.25, 0.3) is 5.91 Å². The third-order valence-corrected chi connectivity index (χ3v) is 12.9. The van der Waals surface area contributed by atoms with E-state index in [2.05, 4.69) is 78.7 Å². The molecule has 5 aromatic rings. The lowest BCUT2D eigenvalue weighted by molar-refractivity contribution is -0.118. The average molecular weight is 816 g/mol. The summed E-state index contributed by atoms with van der Waals surface area (Å²) >= 11 is 0. The third-order valence-electron chi connectivity index (χ3n) is 11.2. The zero-order chi connectivity index (χ0) is 42.2. The number of ether oxygens (including phenoxy) is 2. The molecule has 0 unspecified atom stereocenters. The maximum atomic E-state index is 14.4. The summed E-state index contributed by atoms with van der Waals surface area (Å²) in [5.74, 6) is -0.944. The van der Waals surface area contributed by atoms with Crippen LogP contribution in [0.3, 0.4) is 0 Å². The molecular weight excluding hydrogens is 759 g/mol. The van der Waals surface area contributed by atoms with Crippen LogP contribution in [-0.4, -0.2) is 68.7 Å². The predicted molar refractivity (Wildman–Crippen MR) is 233 cm³/mol. The molecule has 2 aliphatic rings. The number of nitrogens with zero attached hydrogens (tertiary/aromatic N) is 5. The molecule has 310 valence electrons. The van der Waals surface area contributed by atoms with Crippen molar-refractivity contribution in [2.75, 3.05) is 11.9 Å². The van der Waals surface area contributed by atoms with Gasteiger partial charge < -0.3 is 20.1 Å². The topological polar surface area (TPSA) is 133 Å². The fraction of sp³-hybridized carbons (Fsp3) is 0.413. The van der Waals surface area contributed by atoms with Gasteiger partial charge in [0.05, 0.1) is 5.69 Å². The zero-order valence-electron chi connectivity index (χ0n) is 35.8. The summed E-state index contributed by atoms with van der Waals surface area (Å²) in [6.07, 6.45) is 2.72. The second kappa shape index (κ2) is 16.6. The van der Waals surface area contributed by atoms with Gasteiger partial charge in [-0.25, -0.2) is 9.48 Å². The Balaban J connectivity index is 1.10. The third kappa shape index (κ3) is 9.52. The van der Waals surface area contributed by atoms with Gasteiger partial charge in [0.2, 0.25) is 5.91 Å². The van der Waals surface area contributed by atoms with Crippen molar-refractivity contribution in [3.63, 3.8) is 0 Å². The first-order valence-electron chi connectivity index (χ1n) is 20.5. The van der Waals surface area contributed by atoms with Crippen LogP contribution in [0, 0.1) is 13.8 Å². The molecule has 13 heteroatoms. The number of carbonyl (C=O) groups excluding carboxylic acids is 3. The maximum absolute atomic E-state index is 14.4. The number of carbonyl (C=O) groups is 3. The standard InChI is InChI=1S/C46H57N7O5Si/c1-29-41(30(2)53(50-29)28-57-22-23-59(7,8)9)32-14-17-37(18-15-32)48-44(55)42(49-43(54)40-20-21-47-51(40)6)38-19-16-31-10-11-34(25-39(31)38)33-12-13-35-26-52(27-36(35)24-33)45(56)58-46(3,4)5/h10-15,17-18,20-21,24-25,38,42H,16,19,22-23,26-28H2,1-9H3,(H,48,55)(H,49,54)/t38-,42+/m1/s1. The number of aryl methyl sites for hydroxylation is 3. The zero-order valence-corrected chi connectivity index (χ0v) is 36.8. The molecular formula is C46H57N7O5Si. The van der Waals surface area contributed by atoms with Gasteiger partial charge in [-0.15, -0.1) is 0 Å². The van der Waals surface area contributed by atoms with E-state index >= 15 is 0 Å². The van der Waals surface area contributed by atoms with E-state index in [1.165, 1.54) is 4.68 Å².